The van der Waals surface area contributed by atoms with E-state index in [0.717, 1.165) is 5.56 Å². The van der Waals surface area contributed by atoms with Crippen molar-refractivity contribution in [3.63, 3.8) is 0 Å². The molecule has 1 aromatic rings. The van der Waals surface area contributed by atoms with Crippen molar-refractivity contribution in [1.29, 1.82) is 0 Å². The van der Waals surface area contributed by atoms with Crippen molar-refractivity contribution >= 4 is 11.9 Å². The van der Waals surface area contributed by atoms with Crippen LogP contribution in [0.3, 0.4) is 0 Å². The molecule has 0 spiro atoms. The van der Waals surface area contributed by atoms with E-state index < -0.39 is 17.9 Å². The van der Waals surface area contributed by atoms with Crippen LogP contribution >= 0.6 is 0 Å². The molecule has 7 nitrogen and oxygen atoms in total. The van der Waals surface area contributed by atoms with Crippen molar-refractivity contribution in [3.05, 3.63) is 29.8 Å². The summed E-state index contributed by atoms with van der Waals surface area (Å²) in [5, 5.41) is 2.61. The Morgan fingerprint density at radius 1 is 1.13 bits per heavy atom. The summed E-state index contributed by atoms with van der Waals surface area (Å²) in [5.74, 6) is -0.278. The third-order valence-electron chi connectivity index (χ3n) is 3.10. The lowest BCUT2D eigenvalue weighted by Gasteiger charge is -2.18. The van der Waals surface area contributed by atoms with Crippen LogP contribution in [0.25, 0.3) is 0 Å². The molecule has 0 fully saturated rings. The summed E-state index contributed by atoms with van der Waals surface area (Å²) in [6.07, 6.45) is 0.264. The van der Waals surface area contributed by atoms with E-state index in [0.29, 0.717) is 19.0 Å². The number of nitrogens with one attached hydrogen (secondary N) is 1. The summed E-state index contributed by atoms with van der Waals surface area (Å²) in [5.41, 5.74) is 0.797. The number of ether oxygens (including phenoxy) is 4. The topological polar surface area (TPSA) is 83.1 Å². The Morgan fingerprint density at radius 3 is 2.52 bits per heavy atom. The van der Waals surface area contributed by atoms with Gasteiger partial charge in [0.25, 0.3) is 0 Å². The quantitative estimate of drug-likeness (QED) is 0.500. The van der Waals surface area contributed by atoms with Gasteiger partial charge in [-0.15, -0.1) is 0 Å². The average Bonchev–Trinajstić information content (AvgIpc) is 2.57. The van der Waals surface area contributed by atoms with Gasteiger partial charge in [0.2, 0.25) is 5.91 Å². The van der Waals surface area contributed by atoms with E-state index in [1.807, 2.05) is 18.2 Å². The van der Waals surface area contributed by atoms with Crippen molar-refractivity contribution in [3.8, 4) is 5.75 Å². The first-order valence-corrected chi connectivity index (χ1v) is 7.18. The van der Waals surface area contributed by atoms with Gasteiger partial charge in [-0.2, -0.15) is 0 Å². The summed E-state index contributed by atoms with van der Waals surface area (Å²) in [4.78, 5) is 23.8. The van der Waals surface area contributed by atoms with Gasteiger partial charge in [0.15, 0.2) is 0 Å². The largest absolute Gasteiger partial charge is 0.496 e. The van der Waals surface area contributed by atoms with Crippen LogP contribution < -0.4 is 10.1 Å². The Hall–Kier alpha value is -2.12. The zero-order valence-electron chi connectivity index (χ0n) is 13.7. The summed E-state index contributed by atoms with van der Waals surface area (Å²) >= 11 is 0. The molecule has 128 valence electrons. The van der Waals surface area contributed by atoms with Crippen LogP contribution in [-0.2, 0) is 30.2 Å². The highest BCUT2D eigenvalue weighted by Gasteiger charge is 2.23. The van der Waals surface area contributed by atoms with Crippen molar-refractivity contribution in [2.24, 2.45) is 0 Å². The van der Waals surface area contributed by atoms with Crippen molar-refractivity contribution < 1.29 is 28.5 Å². The third kappa shape index (κ3) is 6.66. The first-order chi connectivity index (χ1) is 11.1. The van der Waals surface area contributed by atoms with Gasteiger partial charge in [0.1, 0.15) is 18.4 Å². The summed E-state index contributed by atoms with van der Waals surface area (Å²) in [6, 6.07) is 6.48. The van der Waals surface area contributed by atoms with Gasteiger partial charge in [-0.05, 0) is 11.6 Å². The highest BCUT2D eigenvalue weighted by Crippen LogP contribution is 2.19. The highest BCUT2D eigenvalue weighted by molar-refractivity contribution is 5.85. The molecule has 0 aliphatic rings. The van der Waals surface area contributed by atoms with E-state index in [2.05, 4.69) is 5.32 Å². The molecule has 0 aromatic heterocycles. The molecule has 0 saturated carbocycles. The minimum atomic E-state index is -0.810. The molecule has 1 aromatic carbocycles. The predicted octanol–water partition coefficient (Wildman–Crippen LogP) is 0.559. The maximum Gasteiger partial charge on any atom is 0.328 e. The fraction of sp³-hybridized carbons (Fsp3) is 0.500. The molecular weight excluding hydrogens is 302 g/mol. The number of carbonyl (C=O) groups excluding carboxylic acids is 2. The third-order valence-corrected chi connectivity index (χ3v) is 3.10. The van der Waals surface area contributed by atoms with Crippen LogP contribution in [0.15, 0.2) is 24.3 Å². The van der Waals surface area contributed by atoms with Gasteiger partial charge in [-0.3, -0.25) is 4.79 Å². The molecule has 1 N–H and O–H groups in total. The van der Waals surface area contributed by atoms with E-state index in [4.69, 9.17) is 18.9 Å². The standard InChI is InChI=1S/C16H23NO6/c1-20-8-9-23-11-15(18)17-13(16(19)22-3)10-12-6-4-5-7-14(12)21-2/h4-7,13H,8-11H2,1-3H3,(H,17,18)/t13-/m1/s1. The van der Waals surface area contributed by atoms with Crippen LogP contribution in [0.2, 0.25) is 0 Å². The number of esters is 1. The lowest BCUT2D eigenvalue weighted by molar-refractivity contribution is -0.145. The Kier molecular flexibility index (Phi) is 8.71. The second-order valence-electron chi connectivity index (χ2n) is 4.70. The molecule has 1 rings (SSSR count). The van der Waals surface area contributed by atoms with Crippen molar-refractivity contribution in [1.82, 2.24) is 5.32 Å². The van der Waals surface area contributed by atoms with Crippen LogP contribution in [-0.4, -0.2) is 59.1 Å². The summed E-state index contributed by atoms with van der Waals surface area (Å²) in [7, 11) is 4.37. The minimum absolute atomic E-state index is 0.150. The second kappa shape index (κ2) is 10.6. The van der Waals surface area contributed by atoms with Gasteiger partial charge in [-0.25, -0.2) is 4.79 Å². The zero-order chi connectivity index (χ0) is 17.1. The number of hydrogen-bond donors (Lipinski definition) is 1. The number of amides is 1. The Morgan fingerprint density at radius 2 is 1.87 bits per heavy atom. The Balaban J connectivity index is 2.66. The first-order valence-electron chi connectivity index (χ1n) is 7.18. The molecule has 1 atom stereocenters. The monoisotopic (exact) mass is 325 g/mol. The molecule has 0 aliphatic heterocycles. The first kappa shape index (κ1) is 18.9. The number of rotatable bonds is 10. The van der Waals surface area contributed by atoms with E-state index >= 15 is 0 Å². The summed E-state index contributed by atoms with van der Waals surface area (Å²) in [6.45, 7) is 0.553. The maximum absolute atomic E-state index is 11.9. The molecular formula is C16H23NO6. The van der Waals surface area contributed by atoms with Crippen LogP contribution in [0.4, 0.5) is 0 Å². The fourth-order valence-corrected chi connectivity index (χ4v) is 1.97. The lowest BCUT2D eigenvalue weighted by Crippen LogP contribution is -2.44. The number of para-hydroxylation sites is 1. The van der Waals surface area contributed by atoms with Gasteiger partial charge >= 0.3 is 5.97 Å². The number of benzene rings is 1. The predicted molar refractivity (Wildman–Crippen MR) is 83.3 cm³/mol. The molecule has 0 bridgehead atoms. The van der Waals surface area contributed by atoms with Crippen LogP contribution in [0, 0.1) is 0 Å². The van der Waals surface area contributed by atoms with Gasteiger partial charge in [-0.1, -0.05) is 18.2 Å². The number of hydrogen-bond acceptors (Lipinski definition) is 6. The van der Waals surface area contributed by atoms with Gasteiger partial charge in [0, 0.05) is 13.5 Å². The van der Waals surface area contributed by atoms with E-state index in [1.54, 1.807) is 20.3 Å². The average molecular weight is 325 g/mol. The molecule has 7 heteroatoms. The van der Waals surface area contributed by atoms with Gasteiger partial charge < -0.3 is 24.3 Å². The van der Waals surface area contributed by atoms with Gasteiger partial charge in [0.05, 0.1) is 27.4 Å². The van der Waals surface area contributed by atoms with Crippen molar-refractivity contribution in [2.75, 3.05) is 41.2 Å². The van der Waals surface area contributed by atoms with E-state index in [1.165, 1.54) is 7.11 Å². The molecule has 0 radical (unpaired) electrons. The minimum Gasteiger partial charge on any atom is -0.496 e. The van der Waals surface area contributed by atoms with E-state index in [-0.39, 0.29) is 13.0 Å². The Labute approximate surface area is 135 Å². The number of methoxy groups -OCH3 is 3. The molecule has 0 unspecified atom stereocenters. The Bertz CT molecular complexity index is 505. The molecule has 0 saturated heterocycles. The lowest BCUT2D eigenvalue weighted by atomic mass is 10.0. The van der Waals surface area contributed by atoms with Crippen molar-refractivity contribution in [2.45, 2.75) is 12.5 Å². The highest BCUT2D eigenvalue weighted by atomic mass is 16.5. The smallest absolute Gasteiger partial charge is 0.328 e. The second-order valence-corrected chi connectivity index (χ2v) is 4.70. The molecule has 23 heavy (non-hydrogen) atoms. The summed E-state index contributed by atoms with van der Waals surface area (Å²) < 4.78 is 20.0. The zero-order valence-corrected chi connectivity index (χ0v) is 13.7. The van der Waals surface area contributed by atoms with Crippen LogP contribution in [0.1, 0.15) is 5.56 Å². The normalized spacial score (nSPS) is 11.6. The van der Waals surface area contributed by atoms with Crippen LogP contribution in [0.5, 0.6) is 5.75 Å². The molecule has 1 amide bonds. The fourth-order valence-electron chi connectivity index (χ4n) is 1.97. The molecule has 0 aliphatic carbocycles. The number of carbonyl (C=O) groups is 2. The molecule has 0 heterocycles. The maximum atomic E-state index is 11.9. The SMILES string of the molecule is COCCOCC(=O)N[C@H](Cc1ccccc1OC)C(=O)OC. The van der Waals surface area contributed by atoms with E-state index in [9.17, 15) is 9.59 Å².